The minimum absolute atomic E-state index is 0.0343. The van der Waals surface area contributed by atoms with Crippen LogP contribution < -0.4 is 10.3 Å². The Morgan fingerprint density at radius 1 is 1.17 bits per heavy atom. The summed E-state index contributed by atoms with van der Waals surface area (Å²) in [6, 6.07) is 9.88. The van der Waals surface area contributed by atoms with Gasteiger partial charge >= 0.3 is 0 Å². The summed E-state index contributed by atoms with van der Waals surface area (Å²) in [4.78, 5) is 12.7. The minimum atomic E-state index is -0.359. The zero-order valence-corrected chi connectivity index (χ0v) is 13.5. The molecule has 23 heavy (non-hydrogen) atoms. The number of ether oxygens (including phenoxy) is 1. The van der Waals surface area contributed by atoms with E-state index in [1.54, 1.807) is 7.05 Å². The average molecular weight is 310 g/mol. The molecule has 0 radical (unpaired) electrons. The second-order valence-electron chi connectivity index (χ2n) is 5.58. The Kier molecular flexibility index (Phi) is 3.56. The zero-order valence-electron chi connectivity index (χ0n) is 13.5. The fourth-order valence-corrected chi connectivity index (χ4v) is 2.88. The monoisotopic (exact) mass is 310 g/mol. The summed E-state index contributed by atoms with van der Waals surface area (Å²) >= 11 is 0. The van der Waals surface area contributed by atoms with E-state index < -0.39 is 0 Å². The summed E-state index contributed by atoms with van der Waals surface area (Å²) in [5.41, 5.74) is 2.58. The molecule has 5 heteroatoms. The Morgan fingerprint density at radius 3 is 2.57 bits per heavy atom. The van der Waals surface area contributed by atoms with Gasteiger partial charge in [0, 0.05) is 12.6 Å². The first-order valence-corrected chi connectivity index (χ1v) is 7.29. The second kappa shape index (κ2) is 5.43. The lowest BCUT2D eigenvalue weighted by atomic mass is 9.91. The summed E-state index contributed by atoms with van der Waals surface area (Å²) in [6.45, 7) is 3.94. The number of nitrogens with zero attached hydrogens (tertiary/aromatic N) is 2. The molecule has 1 N–H and O–H groups in total. The number of hydrogen-bond donors (Lipinski definition) is 1. The van der Waals surface area contributed by atoms with Crippen LogP contribution in [0.5, 0.6) is 11.6 Å². The number of aromatic nitrogens is 2. The van der Waals surface area contributed by atoms with Gasteiger partial charge in [0.1, 0.15) is 0 Å². The van der Waals surface area contributed by atoms with Crippen LogP contribution in [0.15, 0.2) is 35.1 Å². The van der Waals surface area contributed by atoms with Gasteiger partial charge in [0.05, 0.1) is 12.7 Å². The van der Waals surface area contributed by atoms with E-state index >= 15 is 0 Å². The van der Waals surface area contributed by atoms with Crippen LogP contribution in [-0.4, -0.2) is 22.0 Å². The highest BCUT2D eigenvalue weighted by molar-refractivity contribution is 6.00. The molecule has 0 bridgehead atoms. The number of benzene rings is 2. The van der Waals surface area contributed by atoms with Gasteiger partial charge in [-0.05, 0) is 35.7 Å². The average Bonchev–Trinajstić information content (AvgIpc) is 2.54. The van der Waals surface area contributed by atoms with Crippen molar-refractivity contribution in [3.05, 3.63) is 51.8 Å². The highest BCUT2D eigenvalue weighted by Crippen LogP contribution is 2.39. The maximum absolute atomic E-state index is 12.7. The quantitative estimate of drug-likeness (QED) is 0.790. The molecular weight excluding hydrogens is 292 g/mol. The molecule has 3 aromatic rings. The molecule has 0 atom stereocenters. The Balaban J connectivity index is 2.54. The Bertz CT molecular complexity index is 974. The van der Waals surface area contributed by atoms with Crippen molar-refractivity contribution < 1.29 is 9.84 Å². The van der Waals surface area contributed by atoms with Gasteiger partial charge in [0.15, 0.2) is 5.75 Å². The molecule has 5 nitrogen and oxygen atoms in total. The van der Waals surface area contributed by atoms with E-state index in [1.165, 1.54) is 11.8 Å². The van der Waals surface area contributed by atoms with Gasteiger partial charge in [0.25, 0.3) is 11.4 Å². The van der Waals surface area contributed by atoms with Crippen molar-refractivity contribution in [1.29, 1.82) is 0 Å². The Labute approximate surface area is 133 Å². The van der Waals surface area contributed by atoms with E-state index in [9.17, 15) is 9.90 Å². The van der Waals surface area contributed by atoms with E-state index in [0.29, 0.717) is 0 Å². The molecule has 1 aromatic heterocycles. The molecule has 0 saturated carbocycles. The van der Waals surface area contributed by atoms with Gasteiger partial charge in [-0.2, -0.15) is 0 Å². The molecule has 1 heterocycles. The largest absolute Gasteiger partial charge is 0.502 e. The number of rotatable bonds is 2. The topological polar surface area (TPSA) is 64.4 Å². The van der Waals surface area contributed by atoms with Crippen molar-refractivity contribution in [1.82, 2.24) is 9.78 Å². The van der Waals surface area contributed by atoms with E-state index in [-0.39, 0.29) is 22.8 Å². The number of hydrogen-bond acceptors (Lipinski definition) is 4. The molecular formula is C18H18N2O3. The van der Waals surface area contributed by atoms with Gasteiger partial charge in [-0.15, -0.1) is 5.10 Å². The lowest BCUT2D eigenvalue weighted by Crippen LogP contribution is -2.22. The van der Waals surface area contributed by atoms with Crippen molar-refractivity contribution in [2.24, 2.45) is 7.05 Å². The Morgan fingerprint density at radius 2 is 1.87 bits per heavy atom. The third-order valence-electron chi connectivity index (χ3n) is 4.20. The molecule has 2 aromatic carbocycles. The molecule has 0 spiro atoms. The molecule has 0 aliphatic rings. The maximum atomic E-state index is 12.7. The van der Waals surface area contributed by atoms with E-state index in [0.717, 1.165) is 27.5 Å². The molecule has 0 aliphatic heterocycles. The minimum Gasteiger partial charge on any atom is -0.502 e. The van der Waals surface area contributed by atoms with Crippen LogP contribution in [0, 0.1) is 13.8 Å². The molecule has 0 amide bonds. The lowest BCUT2D eigenvalue weighted by molar-refractivity contribution is 0.345. The summed E-state index contributed by atoms with van der Waals surface area (Å²) < 4.78 is 6.29. The van der Waals surface area contributed by atoms with Crippen LogP contribution in [-0.2, 0) is 7.05 Å². The summed E-state index contributed by atoms with van der Waals surface area (Å²) in [5.74, 6) is -0.193. The van der Waals surface area contributed by atoms with Crippen molar-refractivity contribution in [3.8, 4) is 22.8 Å². The van der Waals surface area contributed by atoms with E-state index in [1.807, 2.05) is 38.1 Å². The first-order chi connectivity index (χ1) is 11.0. The highest BCUT2D eigenvalue weighted by Gasteiger charge is 2.22. The SMILES string of the molecule is COc1nn(C)c(=O)c(-c2c(C)c(C)cc3ccccc23)c1O. The van der Waals surface area contributed by atoms with E-state index in [4.69, 9.17) is 4.74 Å². The second-order valence-corrected chi connectivity index (χ2v) is 5.58. The van der Waals surface area contributed by atoms with Crippen molar-refractivity contribution in [2.75, 3.05) is 7.11 Å². The van der Waals surface area contributed by atoms with Crippen molar-refractivity contribution >= 4 is 10.8 Å². The number of fused-ring (bicyclic) bond motifs is 1. The smallest absolute Gasteiger partial charge is 0.278 e. The van der Waals surface area contributed by atoms with Crippen LogP contribution >= 0.6 is 0 Å². The molecule has 0 unspecified atom stereocenters. The zero-order chi connectivity index (χ0) is 16.7. The number of aryl methyl sites for hydroxylation is 2. The van der Waals surface area contributed by atoms with Gasteiger partial charge in [0.2, 0.25) is 0 Å². The van der Waals surface area contributed by atoms with Crippen molar-refractivity contribution in [3.63, 3.8) is 0 Å². The Hall–Kier alpha value is -2.82. The van der Waals surface area contributed by atoms with Crippen LogP contribution in [0.3, 0.4) is 0 Å². The highest BCUT2D eigenvalue weighted by atomic mass is 16.5. The van der Waals surface area contributed by atoms with Crippen LogP contribution in [0.2, 0.25) is 0 Å². The molecule has 0 fully saturated rings. The third kappa shape index (κ3) is 2.25. The third-order valence-corrected chi connectivity index (χ3v) is 4.20. The van der Waals surface area contributed by atoms with Gasteiger partial charge in [-0.25, -0.2) is 4.68 Å². The predicted molar refractivity (Wildman–Crippen MR) is 90.1 cm³/mol. The lowest BCUT2D eigenvalue weighted by Gasteiger charge is -2.16. The summed E-state index contributed by atoms with van der Waals surface area (Å²) in [6.07, 6.45) is 0. The number of methoxy groups -OCH3 is 1. The maximum Gasteiger partial charge on any atom is 0.278 e. The summed E-state index contributed by atoms with van der Waals surface area (Å²) in [7, 11) is 2.96. The standard InChI is InChI=1S/C18H18N2O3/c1-10-9-12-7-5-6-8-13(12)14(11(10)2)15-16(21)17(23-4)19-20(3)18(15)22/h5-9,21H,1-4H3. The molecule has 3 rings (SSSR count). The summed E-state index contributed by atoms with van der Waals surface area (Å²) in [5, 5.41) is 16.4. The fourth-order valence-electron chi connectivity index (χ4n) is 2.88. The van der Waals surface area contributed by atoms with Crippen LogP contribution in [0.25, 0.3) is 21.9 Å². The van der Waals surface area contributed by atoms with E-state index in [2.05, 4.69) is 11.2 Å². The van der Waals surface area contributed by atoms with Crippen molar-refractivity contribution in [2.45, 2.75) is 13.8 Å². The fraction of sp³-hybridized carbons (Fsp3) is 0.222. The van der Waals surface area contributed by atoms with Crippen LogP contribution in [0.1, 0.15) is 11.1 Å². The first kappa shape index (κ1) is 15.1. The molecule has 118 valence electrons. The van der Waals surface area contributed by atoms with Gasteiger partial charge in [-0.1, -0.05) is 30.3 Å². The van der Waals surface area contributed by atoms with Crippen LogP contribution in [0.4, 0.5) is 0 Å². The normalized spacial score (nSPS) is 11.0. The molecule has 0 aliphatic carbocycles. The number of aromatic hydroxyl groups is 1. The predicted octanol–water partition coefficient (Wildman–Crippen LogP) is 2.93. The molecule has 0 saturated heterocycles. The van der Waals surface area contributed by atoms with Gasteiger partial charge < -0.3 is 9.84 Å². The van der Waals surface area contributed by atoms with Gasteiger partial charge in [-0.3, -0.25) is 4.79 Å². The first-order valence-electron chi connectivity index (χ1n) is 7.29.